The van der Waals surface area contributed by atoms with Crippen molar-refractivity contribution in [1.29, 1.82) is 0 Å². The van der Waals surface area contributed by atoms with Gasteiger partial charge in [0.2, 0.25) is 0 Å². The van der Waals surface area contributed by atoms with Crippen LogP contribution in [0.25, 0.3) is 0 Å². The predicted molar refractivity (Wildman–Crippen MR) is 110 cm³/mol. The number of aromatic nitrogens is 1. The van der Waals surface area contributed by atoms with Crippen LogP contribution in [-0.2, 0) is 6.61 Å². The van der Waals surface area contributed by atoms with Crippen molar-refractivity contribution in [1.82, 2.24) is 10.1 Å². The fourth-order valence-electron chi connectivity index (χ4n) is 3.12. The monoisotopic (exact) mass is 412 g/mol. The van der Waals surface area contributed by atoms with E-state index in [9.17, 15) is 9.18 Å². The Morgan fingerprint density at radius 1 is 1.17 bits per heavy atom. The molecule has 1 heterocycles. The van der Waals surface area contributed by atoms with Crippen molar-refractivity contribution >= 4 is 5.91 Å². The highest BCUT2D eigenvalue weighted by Crippen LogP contribution is 2.31. The van der Waals surface area contributed by atoms with Crippen molar-refractivity contribution in [2.24, 2.45) is 0 Å². The molecule has 2 aromatic carbocycles. The molecule has 1 aromatic heterocycles. The van der Waals surface area contributed by atoms with Gasteiger partial charge in [0.25, 0.3) is 5.91 Å². The molecule has 0 saturated carbocycles. The van der Waals surface area contributed by atoms with E-state index in [1.165, 1.54) is 19.2 Å². The van der Waals surface area contributed by atoms with Crippen molar-refractivity contribution in [3.63, 3.8) is 0 Å². The minimum absolute atomic E-state index is 0.178. The normalized spacial score (nSPS) is 11.8. The Hall–Kier alpha value is -3.35. The van der Waals surface area contributed by atoms with E-state index < -0.39 is 0 Å². The molecule has 0 fully saturated rings. The second kappa shape index (κ2) is 8.98. The Kier molecular flexibility index (Phi) is 6.40. The van der Waals surface area contributed by atoms with E-state index in [1.54, 1.807) is 42.3 Å². The van der Waals surface area contributed by atoms with Crippen LogP contribution in [0.3, 0.4) is 0 Å². The number of ether oxygens (including phenoxy) is 2. The van der Waals surface area contributed by atoms with E-state index >= 15 is 0 Å². The molecule has 30 heavy (non-hydrogen) atoms. The highest BCUT2D eigenvalue weighted by molar-refractivity contribution is 5.95. The molecule has 1 amide bonds. The average Bonchev–Trinajstić information content (AvgIpc) is 3.08. The number of hydrogen-bond acceptors (Lipinski definition) is 5. The summed E-state index contributed by atoms with van der Waals surface area (Å²) in [6.07, 6.45) is 0. The summed E-state index contributed by atoms with van der Waals surface area (Å²) in [7, 11) is 3.24. The molecule has 0 unspecified atom stereocenters. The first kappa shape index (κ1) is 21.4. The summed E-state index contributed by atoms with van der Waals surface area (Å²) >= 11 is 0. The van der Waals surface area contributed by atoms with Crippen LogP contribution in [0.2, 0.25) is 0 Å². The zero-order chi connectivity index (χ0) is 21.8. The van der Waals surface area contributed by atoms with Gasteiger partial charge >= 0.3 is 0 Å². The number of halogens is 1. The van der Waals surface area contributed by atoms with Gasteiger partial charge in [0, 0.05) is 12.6 Å². The highest BCUT2D eigenvalue weighted by Gasteiger charge is 2.21. The maximum atomic E-state index is 13.2. The van der Waals surface area contributed by atoms with Gasteiger partial charge in [-0.3, -0.25) is 4.79 Å². The molecule has 7 heteroatoms. The second-order valence-electron chi connectivity index (χ2n) is 7.10. The van der Waals surface area contributed by atoms with Crippen molar-refractivity contribution in [3.05, 3.63) is 76.4 Å². The van der Waals surface area contributed by atoms with Crippen molar-refractivity contribution in [2.75, 3.05) is 14.2 Å². The van der Waals surface area contributed by atoms with E-state index in [-0.39, 0.29) is 24.4 Å². The molecule has 0 aliphatic heterocycles. The van der Waals surface area contributed by atoms with E-state index in [2.05, 4.69) is 5.16 Å². The average molecular weight is 412 g/mol. The fourth-order valence-corrected chi connectivity index (χ4v) is 3.12. The van der Waals surface area contributed by atoms with E-state index in [0.717, 1.165) is 16.8 Å². The summed E-state index contributed by atoms with van der Waals surface area (Å²) in [4.78, 5) is 14.6. The van der Waals surface area contributed by atoms with Gasteiger partial charge in [0.05, 0.1) is 24.4 Å². The summed E-state index contributed by atoms with van der Waals surface area (Å²) in [6, 6.07) is 11.0. The van der Waals surface area contributed by atoms with Crippen molar-refractivity contribution in [3.8, 4) is 11.5 Å². The maximum absolute atomic E-state index is 13.2. The Morgan fingerprint density at radius 3 is 2.47 bits per heavy atom. The minimum atomic E-state index is -0.308. The lowest BCUT2D eigenvalue weighted by atomic mass is 10.1. The molecule has 0 spiro atoms. The SMILES string of the molecule is COc1cc(C(=O)N(C)[C@@H](C)c2ccc(F)cc2)ccc1OCc1c(C)noc1C. The van der Waals surface area contributed by atoms with Gasteiger partial charge in [-0.1, -0.05) is 17.3 Å². The molecule has 0 bridgehead atoms. The van der Waals surface area contributed by atoms with Gasteiger partial charge in [-0.2, -0.15) is 0 Å². The first-order chi connectivity index (χ1) is 14.3. The molecule has 6 nitrogen and oxygen atoms in total. The zero-order valence-corrected chi connectivity index (χ0v) is 17.7. The lowest BCUT2D eigenvalue weighted by Gasteiger charge is -2.26. The Balaban J connectivity index is 1.75. The Morgan fingerprint density at radius 2 is 1.87 bits per heavy atom. The number of aryl methyl sites for hydroxylation is 2. The number of benzene rings is 2. The Bertz CT molecular complexity index is 1010. The summed E-state index contributed by atoms with van der Waals surface area (Å²) in [5.74, 6) is 1.19. The third kappa shape index (κ3) is 4.45. The molecular weight excluding hydrogens is 387 g/mol. The molecule has 1 atom stereocenters. The van der Waals surface area contributed by atoms with Crippen LogP contribution in [0.5, 0.6) is 11.5 Å². The number of carbonyl (C=O) groups excluding carboxylic acids is 1. The first-order valence-electron chi connectivity index (χ1n) is 9.57. The van der Waals surface area contributed by atoms with Crippen molar-refractivity contribution < 1.29 is 23.2 Å². The number of rotatable bonds is 7. The van der Waals surface area contributed by atoms with Crippen LogP contribution in [0.1, 0.15) is 45.9 Å². The molecule has 0 radical (unpaired) electrons. The van der Waals surface area contributed by atoms with Gasteiger partial charge in [-0.05, 0) is 56.7 Å². The lowest BCUT2D eigenvalue weighted by molar-refractivity contribution is 0.0742. The molecule has 3 rings (SSSR count). The van der Waals surface area contributed by atoms with Gasteiger partial charge in [-0.15, -0.1) is 0 Å². The number of carbonyl (C=O) groups is 1. The van der Waals surface area contributed by atoms with Crippen LogP contribution in [0.15, 0.2) is 47.0 Å². The largest absolute Gasteiger partial charge is 0.493 e. The van der Waals surface area contributed by atoms with Gasteiger partial charge in [0.1, 0.15) is 18.2 Å². The maximum Gasteiger partial charge on any atom is 0.254 e. The van der Waals surface area contributed by atoms with E-state index in [0.29, 0.717) is 22.8 Å². The van der Waals surface area contributed by atoms with E-state index in [4.69, 9.17) is 14.0 Å². The molecule has 0 saturated heterocycles. The van der Waals surface area contributed by atoms with Crippen LogP contribution >= 0.6 is 0 Å². The number of amides is 1. The molecule has 0 aliphatic rings. The summed E-state index contributed by atoms with van der Waals surface area (Å²) in [5.41, 5.74) is 2.96. The highest BCUT2D eigenvalue weighted by atomic mass is 19.1. The van der Waals surface area contributed by atoms with Gasteiger partial charge < -0.3 is 18.9 Å². The molecule has 158 valence electrons. The lowest BCUT2D eigenvalue weighted by Crippen LogP contribution is -2.29. The van der Waals surface area contributed by atoms with Gasteiger partial charge in [0.15, 0.2) is 11.5 Å². The number of nitrogens with zero attached hydrogens (tertiary/aromatic N) is 2. The van der Waals surface area contributed by atoms with Crippen LogP contribution in [0, 0.1) is 19.7 Å². The summed E-state index contributed by atoms with van der Waals surface area (Å²) in [6.45, 7) is 5.86. The minimum Gasteiger partial charge on any atom is -0.493 e. The fraction of sp³-hybridized carbons (Fsp3) is 0.304. The smallest absolute Gasteiger partial charge is 0.254 e. The molecule has 0 aliphatic carbocycles. The topological polar surface area (TPSA) is 64.8 Å². The summed E-state index contributed by atoms with van der Waals surface area (Å²) in [5, 5.41) is 3.92. The first-order valence-corrected chi connectivity index (χ1v) is 9.57. The van der Waals surface area contributed by atoms with Crippen LogP contribution < -0.4 is 9.47 Å². The quantitative estimate of drug-likeness (QED) is 0.555. The third-order valence-corrected chi connectivity index (χ3v) is 5.22. The molecular formula is C23H25FN2O4. The van der Waals surface area contributed by atoms with E-state index in [1.807, 2.05) is 20.8 Å². The number of hydrogen-bond donors (Lipinski definition) is 0. The molecule has 0 N–H and O–H groups in total. The molecule has 3 aromatic rings. The second-order valence-corrected chi connectivity index (χ2v) is 7.10. The van der Waals surface area contributed by atoms with Crippen molar-refractivity contribution in [2.45, 2.75) is 33.4 Å². The van der Waals surface area contributed by atoms with Crippen LogP contribution in [-0.4, -0.2) is 30.1 Å². The van der Waals surface area contributed by atoms with Gasteiger partial charge in [-0.25, -0.2) is 4.39 Å². The predicted octanol–water partition coefficient (Wildman–Crippen LogP) is 4.85. The third-order valence-electron chi connectivity index (χ3n) is 5.22. The summed E-state index contributed by atoms with van der Waals surface area (Å²) < 4.78 is 29.6. The zero-order valence-electron chi connectivity index (χ0n) is 17.7. The van der Waals surface area contributed by atoms with Crippen LogP contribution in [0.4, 0.5) is 4.39 Å². The standard InChI is InChI=1S/C23H25FN2O4/c1-14-20(16(3)30-25-14)13-29-21-11-8-18(12-22(21)28-5)23(27)26(4)15(2)17-6-9-19(24)10-7-17/h6-12,15H,13H2,1-5H3/t15-/m0/s1. The number of methoxy groups -OCH3 is 1. The Labute approximate surface area is 175 Å².